The predicted octanol–water partition coefficient (Wildman–Crippen LogP) is 3.22. The lowest BCUT2D eigenvalue weighted by atomic mass is 10.3. The molecule has 0 N–H and O–H groups in total. The van der Waals surface area contributed by atoms with Crippen LogP contribution in [0.25, 0.3) is 0 Å². The zero-order valence-electron chi connectivity index (χ0n) is 12.3. The van der Waals surface area contributed by atoms with Crippen LogP contribution in [0.3, 0.4) is 0 Å². The zero-order valence-corrected chi connectivity index (χ0v) is 13.1. The average molecular weight is 367 g/mol. The molecule has 4 nitrogen and oxygen atoms in total. The van der Waals surface area contributed by atoms with Gasteiger partial charge in [-0.25, -0.2) is 13.2 Å². The van der Waals surface area contributed by atoms with Crippen LogP contribution in [0.5, 0.6) is 5.75 Å². The van der Waals surface area contributed by atoms with Gasteiger partial charge in [-0.1, -0.05) is 0 Å². The minimum atomic E-state index is -4.80. The lowest BCUT2D eigenvalue weighted by molar-refractivity contribution is 0.346. The molecule has 0 saturated carbocycles. The third-order valence-corrected chi connectivity index (χ3v) is 4.24. The molecule has 24 heavy (non-hydrogen) atoms. The summed E-state index contributed by atoms with van der Waals surface area (Å²) in [5.74, 6) is -13.7. The summed E-state index contributed by atoms with van der Waals surface area (Å²) in [6.07, 6.45) is 0. The van der Waals surface area contributed by atoms with Gasteiger partial charge >= 0.3 is 10.1 Å². The maximum absolute atomic E-state index is 13.5. The largest absolute Gasteiger partial charge is 0.378 e. The van der Waals surface area contributed by atoms with Crippen LogP contribution in [0, 0.1) is 29.1 Å². The quantitative estimate of drug-likeness (QED) is 0.360. The smallest absolute Gasteiger partial charge is 0.339 e. The monoisotopic (exact) mass is 367 g/mol. The molecular formula is C14H10F5NO3S. The van der Waals surface area contributed by atoms with Crippen LogP contribution in [0.15, 0.2) is 29.2 Å². The highest BCUT2D eigenvalue weighted by atomic mass is 32.2. The van der Waals surface area contributed by atoms with Gasteiger partial charge in [0.25, 0.3) is 0 Å². The summed E-state index contributed by atoms with van der Waals surface area (Å²) in [5, 5.41) is 0. The Morgan fingerprint density at radius 1 is 0.792 bits per heavy atom. The van der Waals surface area contributed by atoms with Crippen LogP contribution in [0.1, 0.15) is 0 Å². The molecule has 0 aliphatic heterocycles. The first-order valence-electron chi connectivity index (χ1n) is 6.29. The molecule has 2 aromatic carbocycles. The van der Waals surface area contributed by atoms with Gasteiger partial charge in [-0.3, -0.25) is 0 Å². The fraction of sp³-hybridized carbons (Fsp3) is 0.143. The van der Waals surface area contributed by atoms with Gasteiger partial charge in [0.15, 0.2) is 0 Å². The second kappa shape index (κ2) is 6.27. The molecule has 10 heteroatoms. The van der Waals surface area contributed by atoms with Crippen molar-refractivity contribution >= 4 is 15.8 Å². The first-order valence-corrected chi connectivity index (χ1v) is 7.70. The van der Waals surface area contributed by atoms with E-state index in [0.717, 1.165) is 12.1 Å². The molecule has 0 amide bonds. The molecule has 130 valence electrons. The number of nitrogens with zero attached hydrogens (tertiary/aromatic N) is 1. The Morgan fingerprint density at radius 2 is 1.21 bits per heavy atom. The van der Waals surface area contributed by atoms with Crippen molar-refractivity contribution in [1.29, 1.82) is 0 Å². The molecule has 0 atom stereocenters. The van der Waals surface area contributed by atoms with Crippen LogP contribution in [0.2, 0.25) is 0 Å². The number of hydrogen-bond acceptors (Lipinski definition) is 4. The summed E-state index contributed by atoms with van der Waals surface area (Å²) in [6, 6.07) is 4.87. The van der Waals surface area contributed by atoms with Crippen molar-refractivity contribution in [2.24, 2.45) is 0 Å². The molecule has 0 saturated heterocycles. The minimum Gasteiger partial charge on any atom is -0.378 e. The van der Waals surface area contributed by atoms with E-state index >= 15 is 0 Å². The van der Waals surface area contributed by atoms with Gasteiger partial charge in [0, 0.05) is 19.8 Å². The summed E-state index contributed by atoms with van der Waals surface area (Å²) in [5.41, 5.74) is 0.616. The molecule has 0 aliphatic carbocycles. The lowest BCUT2D eigenvalue weighted by Gasteiger charge is -2.13. The third-order valence-electron chi connectivity index (χ3n) is 3.00. The maximum Gasteiger partial charge on any atom is 0.339 e. The van der Waals surface area contributed by atoms with Gasteiger partial charge in [0.2, 0.25) is 34.8 Å². The first kappa shape index (κ1) is 18.0. The topological polar surface area (TPSA) is 46.6 Å². The molecule has 0 heterocycles. The Bertz CT molecular complexity index is 853. The molecule has 0 aromatic heterocycles. The summed E-state index contributed by atoms with van der Waals surface area (Å²) in [6.45, 7) is 0. The first-order chi connectivity index (χ1) is 11.1. The van der Waals surface area contributed by atoms with E-state index in [4.69, 9.17) is 0 Å². The molecular weight excluding hydrogens is 357 g/mol. The molecule has 2 aromatic rings. The van der Waals surface area contributed by atoms with E-state index in [1.807, 2.05) is 0 Å². The van der Waals surface area contributed by atoms with E-state index in [1.54, 1.807) is 19.0 Å². The molecule has 0 spiro atoms. The lowest BCUT2D eigenvalue weighted by Crippen LogP contribution is -2.15. The van der Waals surface area contributed by atoms with Gasteiger partial charge in [-0.15, -0.1) is 0 Å². The molecule has 0 radical (unpaired) electrons. The second-order valence-electron chi connectivity index (χ2n) is 4.82. The van der Waals surface area contributed by atoms with Gasteiger partial charge in [-0.05, 0) is 24.3 Å². The third kappa shape index (κ3) is 3.14. The van der Waals surface area contributed by atoms with E-state index in [-0.39, 0.29) is 0 Å². The number of benzene rings is 2. The van der Waals surface area contributed by atoms with Crippen LogP contribution < -0.4 is 9.08 Å². The predicted molar refractivity (Wildman–Crippen MR) is 74.8 cm³/mol. The van der Waals surface area contributed by atoms with Gasteiger partial charge in [-0.2, -0.15) is 17.2 Å². The van der Waals surface area contributed by atoms with Crippen molar-refractivity contribution in [2.75, 3.05) is 19.0 Å². The minimum absolute atomic E-state index is 0.517. The normalized spacial score (nSPS) is 11.5. The highest BCUT2D eigenvalue weighted by Gasteiger charge is 2.30. The Morgan fingerprint density at radius 3 is 1.62 bits per heavy atom. The van der Waals surface area contributed by atoms with Crippen molar-refractivity contribution in [1.82, 2.24) is 0 Å². The van der Waals surface area contributed by atoms with Crippen molar-refractivity contribution < 1.29 is 34.6 Å². The number of rotatable bonds is 4. The second-order valence-corrected chi connectivity index (χ2v) is 6.37. The van der Waals surface area contributed by atoms with Crippen molar-refractivity contribution in [3.63, 3.8) is 0 Å². The van der Waals surface area contributed by atoms with Crippen molar-refractivity contribution in [2.45, 2.75) is 4.90 Å². The van der Waals surface area contributed by atoms with E-state index in [1.165, 1.54) is 12.1 Å². The van der Waals surface area contributed by atoms with Crippen LogP contribution in [0.4, 0.5) is 27.6 Å². The molecule has 0 bridgehead atoms. The van der Waals surface area contributed by atoms with Gasteiger partial charge in [0.05, 0.1) is 0 Å². The molecule has 0 aliphatic rings. The SMILES string of the molecule is CN(C)c1ccc(S(=O)(=O)Oc2c(F)c(F)c(F)c(F)c2F)cc1. The molecule has 0 fully saturated rings. The Kier molecular flexibility index (Phi) is 4.70. The average Bonchev–Trinajstić information content (AvgIpc) is 2.55. The number of halogens is 5. The zero-order chi connectivity index (χ0) is 18.2. The van der Waals surface area contributed by atoms with Gasteiger partial charge in [0.1, 0.15) is 4.90 Å². The fourth-order valence-corrected chi connectivity index (χ4v) is 2.66. The highest BCUT2D eigenvalue weighted by Crippen LogP contribution is 2.31. The Hall–Kier alpha value is -2.36. The number of hydrogen-bond donors (Lipinski definition) is 0. The fourth-order valence-electron chi connectivity index (χ4n) is 1.73. The summed E-state index contributed by atoms with van der Waals surface area (Å²) >= 11 is 0. The number of anilines is 1. The van der Waals surface area contributed by atoms with E-state index < -0.39 is 49.8 Å². The maximum atomic E-state index is 13.5. The summed E-state index contributed by atoms with van der Waals surface area (Å²) in [7, 11) is -1.42. The molecule has 2 rings (SSSR count). The van der Waals surface area contributed by atoms with E-state index in [2.05, 4.69) is 4.18 Å². The van der Waals surface area contributed by atoms with Crippen LogP contribution in [-0.4, -0.2) is 22.5 Å². The summed E-state index contributed by atoms with van der Waals surface area (Å²) < 4.78 is 94.2. The Labute approximate surface area is 134 Å². The van der Waals surface area contributed by atoms with E-state index in [0.29, 0.717) is 5.69 Å². The van der Waals surface area contributed by atoms with Gasteiger partial charge < -0.3 is 9.08 Å². The van der Waals surface area contributed by atoms with Crippen molar-refractivity contribution in [3.05, 3.63) is 53.4 Å². The van der Waals surface area contributed by atoms with Crippen LogP contribution in [-0.2, 0) is 10.1 Å². The van der Waals surface area contributed by atoms with Crippen LogP contribution >= 0.6 is 0 Å². The Balaban J connectivity index is 2.47. The summed E-state index contributed by atoms with van der Waals surface area (Å²) in [4.78, 5) is 1.14. The van der Waals surface area contributed by atoms with E-state index in [9.17, 15) is 30.4 Å². The molecule has 0 unspecified atom stereocenters. The highest BCUT2D eigenvalue weighted by molar-refractivity contribution is 7.87. The van der Waals surface area contributed by atoms with Crippen molar-refractivity contribution in [3.8, 4) is 5.75 Å². The standard InChI is InChI=1S/C14H10F5NO3S/c1-20(2)7-3-5-8(6-4-7)24(21,22)23-14-12(18)10(16)9(15)11(17)13(14)19/h3-6H,1-2H3.